The minimum Gasteiger partial charge on any atom is -0.350 e. The first kappa shape index (κ1) is 14.5. The molecule has 0 fully saturated rings. The minimum atomic E-state index is -0.182. The first-order valence-electron chi connectivity index (χ1n) is 6.41. The molecule has 2 rings (SSSR count). The summed E-state index contributed by atoms with van der Waals surface area (Å²) in [6.07, 6.45) is 4.52. The maximum atomic E-state index is 11.7. The van der Waals surface area contributed by atoms with E-state index in [-0.39, 0.29) is 5.91 Å². The number of hydrogen-bond acceptors (Lipinski definition) is 4. The summed E-state index contributed by atoms with van der Waals surface area (Å²) in [5.74, 6) is 0.646. The first-order valence-corrected chi connectivity index (χ1v) is 7.39. The summed E-state index contributed by atoms with van der Waals surface area (Å²) in [7, 11) is 0. The quantitative estimate of drug-likeness (QED) is 0.678. The number of aromatic nitrogens is 2. The van der Waals surface area contributed by atoms with E-state index < -0.39 is 0 Å². The number of carbonyl (C=O) groups excluding carboxylic acids is 1. The van der Waals surface area contributed by atoms with Gasteiger partial charge in [-0.05, 0) is 37.1 Å². The van der Waals surface area contributed by atoms with Crippen LogP contribution in [0.1, 0.15) is 21.6 Å². The molecule has 1 heterocycles. The molecule has 0 bridgehead atoms. The Hall–Kier alpha value is -1.88. The van der Waals surface area contributed by atoms with Crippen LogP contribution in [0.5, 0.6) is 0 Å². The third-order valence-electron chi connectivity index (χ3n) is 2.93. The van der Waals surface area contributed by atoms with Gasteiger partial charge in [-0.2, -0.15) is 0 Å². The second-order valence-electron chi connectivity index (χ2n) is 4.44. The lowest BCUT2D eigenvalue weighted by molar-refractivity contribution is 0.0951. The summed E-state index contributed by atoms with van der Waals surface area (Å²) < 4.78 is 0. The highest BCUT2D eigenvalue weighted by Crippen LogP contribution is 2.20. The van der Waals surface area contributed by atoms with Crippen LogP contribution in [-0.4, -0.2) is 28.2 Å². The van der Waals surface area contributed by atoms with Gasteiger partial charge in [-0.15, -0.1) is 11.8 Å². The zero-order valence-corrected chi connectivity index (χ0v) is 12.4. The number of rotatable bonds is 5. The Morgan fingerprint density at radius 1 is 1.25 bits per heavy atom. The number of aryl methyl sites for hydroxylation is 2. The van der Waals surface area contributed by atoms with Crippen LogP contribution in [0, 0.1) is 13.8 Å². The van der Waals surface area contributed by atoms with Crippen molar-refractivity contribution in [3.05, 3.63) is 53.6 Å². The van der Waals surface area contributed by atoms with Gasteiger partial charge in [0.2, 0.25) is 0 Å². The Balaban J connectivity index is 1.76. The van der Waals surface area contributed by atoms with E-state index in [9.17, 15) is 4.79 Å². The van der Waals surface area contributed by atoms with E-state index in [0.29, 0.717) is 12.2 Å². The number of carbonyl (C=O) groups is 1. The molecule has 0 atom stereocenters. The lowest BCUT2D eigenvalue weighted by Gasteiger charge is -2.06. The molecule has 1 aromatic carbocycles. The van der Waals surface area contributed by atoms with Crippen LogP contribution < -0.4 is 5.32 Å². The average Bonchev–Trinajstić information content (AvgIpc) is 2.48. The van der Waals surface area contributed by atoms with Crippen molar-refractivity contribution < 1.29 is 4.79 Å². The molecule has 20 heavy (non-hydrogen) atoms. The minimum absolute atomic E-state index is 0.182. The van der Waals surface area contributed by atoms with Crippen molar-refractivity contribution in [3.63, 3.8) is 0 Å². The van der Waals surface area contributed by atoms with Crippen molar-refractivity contribution in [2.45, 2.75) is 18.7 Å². The maximum Gasteiger partial charge on any atom is 0.271 e. The summed E-state index contributed by atoms with van der Waals surface area (Å²) in [5.41, 5.74) is 2.94. The Morgan fingerprint density at radius 3 is 2.80 bits per heavy atom. The molecule has 0 aliphatic rings. The fourth-order valence-corrected chi connectivity index (χ4v) is 2.51. The number of amides is 1. The van der Waals surface area contributed by atoms with Gasteiger partial charge in [0.15, 0.2) is 0 Å². The van der Waals surface area contributed by atoms with Crippen LogP contribution in [0.3, 0.4) is 0 Å². The first-order chi connectivity index (χ1) is 9.66. The summed E-state index contributed by atoms with van der Waals surface area (Å²) in [6.45, 7) is 4.81. The van der Waals surface area contributed by atoms with Crippen molar-refractivity contribution in [3.8, 4) is 0 Å². The second-order valence-corrected chi connectivity index (χ2v) is 5.61. The molecule has 2 aromatic rings. The highest BCUT2D eigenvalue weighted by atomic mass is 32.2. The van der Waals surface area contributed by atoms with Crippen LogP contribution in [-0.2, 0) is 0 Å². The summed E-state index contributed by atoms with van der Waals surface area (Å²) in [5, 5.41) is 2.83. The predicted octanol–water partition coefficient (Wildman–Crippen LogP) is 2.62. The molecule has 0 aliphatic carbocycles. The monoisotopic (exact) mass is 287 g/mol. The van der Waals surface area contributed by atoms with Crippen LogP contribution in [0.4, 0.5) is 0 Å². The van der Waals surface area contributed by atoms with E-state index in [2.05, 4.69) is 47.3 Å². The Labute approximate surface area is 123 Å². The van der Waals surface area contributed by atoms with Crippen LogP contribution >= 0.6 is 11.8 Å². The van der Waals surface area contributed by atoms with Crippen molar-refractivity contribution in [1.82, 2.24) is 15.3 Å². The molecular formula is C15H17N3OS. The van der Waals surface area contributed by atoms with Crippen molar-refractivity contribution >= 4 is 17.7 Å². The summed E-state index contributed by atoms with van der Waals surface area (Å²) >= 11 is 1.73. The number of benzene rings is 1. The molecule has 1 aromatic heterocycles. The second kappa shape index (κ2) is 7.05. The van der Waals surface area contributed by atoms with Crippen molar-refractivity contribution in [1.29, 1.82) is 0 Å². The fourth-order valence-electron chi connectivity index (χ4n) is 1.64. The average molecular weight is 287 g/mol. The molecule has 4 nitrogen and oxygen atoms in total. The molecule has 0 aliphatic heterocycles. The summed E-state index contributed by atoms with van der Waals surface area (Å²) in [4.78, 5) is 20.8. The van der Waals surface area contributed by atoms with Gasteiger partial charge in [-0.3, -0.25) is 9.78 Å². The highest BCUT2D eigenvalue weighted by Gasteiger charge is 2.05. The standard InChI is InChI=1S/C15H17N3OS/c1-11-3-4-13(9-12(11)2)20-8-7-18-15(19)14-10-16-5-6-17-14/h3-6,9-10H,7-8H2,1-2H3,(H,18,19). The Morgan fingerprint density at radius 2 is 2.10 bits per heavy atom. The molecule has 0 saturated heterocycles. The number of nitrogens with zero attached hydrogens (tertiary/aromatic N) is 2. The van der Waals surface area contributed by atoms with Gasteiger partial charge < -0.3 is 5.32 Å². The largest absolute Gasteiger partial charge is 0.350 e. The van der Waals surface area contributed by atoms with Gasteiger partial charge in [0.1, 0.15) is 5.69 Å². The van der Waals surface area contributed by atoms with Gasteiger partial charge in [0.25, 0.3) is 5.91 Å². The molecule has 1 N–H and O–H groups in total. The lowest BCUT2D eigenvalue weighted by Crippen LogP contribution is -2.26. The smallest absolute Gasteiger partial charge is 0.271 e. The van der Waals surface area contributed by atoms with Gasteiger partial charge in [0, 0.05) is 29.6 Å². The third kappa shape index (κ3) is 4.06. The van der Waals surface area contributed by atoms with Crippen LogP contribution in [0.2, 0.25) is 0 Å². The molecular weight excluding hydrogens is 270 g/mol. The SMILES string of the molecule is Cc1ccc(SCCNC(=O)c2cnccn2)cc1C. The molecule has 0 unspecified atom stereocenters. The lowest BCUT2D eigenvalue weighted by atomic mass is 10.1. The highest BCUT2D eigenvalue weighted by molar-refractivity contribution is 7.99. The van der Waals surface area contributed by atoms with Gasteiger partial charge in [0.05, 0.1) is 6.20 Å². The van der Waals surface area contributed by atoms with E-state index in [1.807, 2.05) is 0 Å². The molecule has 5 heteroatoms. The maximum absolute atomic E-state index is 11.7. The number of hydrogen-bond donors (Lipinski definition) is 1. The zero-order chi connectivity index (χ0) is 14.4. The predicted molar refractivity (Wildman–Crippen MR) is 81.0 cm³/mol. The van der Waals surface area contributed by atoms with Crippen LogP contribution in [0.15, 0.2) is 41.7 Å². The molecule has 104 valence electrons. The number of nitrogens with one attached hydrogen (secondary N) is 1. The van der Waals surface area contributed by atoms with E-state index >= 15 is 0 Å². The van der Waals surface area contributed by atoms with E-state index in [1.54, 1.807) is 18.0 Å². The Kier molecular flexibility index (Phi) is 5.12. The third-order valence-corrected chi connectivity index (χ3v) is 3.93. The van der Waals surface area contributed by atoms with E-state index in [4.69, 9.17) is 0 Å². The van der Waals surface area contributed by atoms with Gasteiger partial charge >= 0.3 is 0 Å². The normalized spacial score (nSPS) is 10.3. The van der Waals surface area contributed by atoms with Crippen molar-refractivity contribution in [2.24, 2.45) is 0 Å². The molecule has 1 amide bonds. The topological polar surface area (TPSA) is 54.9 Å². The molecule has 0 radical (unpaired) electrons. The fraction of sp³-hybridized carbons (Fsp3) is 0.267. The van der Waals surface area contributed by atoms with E-state index in [0.717, 1.165) is 5.75 Å². The van der Waals surface area contributed by atoms with Crippen molar-refractivity contribution in [2.75, 3.05) is 12.3 Å². The van der Waals surface area contributed by atoms with Crippen LogP contribution in [0.25, 0.3) is 0 Å². The number of thioether (sulfide) groups is 1. The zero-order valence-electron chi connectivity index (χ0n) is 11.6. The molecule has 0 spiro atoms. The molecule has 0 saturated carbocycles. The van der Waals surface area contributed by atoms with E-state index in [1.165, 1.54) is 28.4 Å². The van der Waals surface area contributed by atoms with Gasteiger partial charge in [-0.25, -0.2) is 4.98 Å². The van der Waals surface area contributed by atoms with Gasteiger partial charge in [-0.1, -0.05) is 6.07 Å². The Bertz CT molecular complexity index is 587. The summed E-state index contributed by atoms with van der Waals surface area (Å²) in [6, 6.07) is 6.40.